The lowest BCUT2D eigenvalue weighted by molar-refractivity contribution is 0.142. The van der Waals surface area contributed by atoms with E-state index in [1.165, 1.54) is 36.2 Å². The first kappa shape index (κ1) is 17.7. The molecule has 7 heteroatoms. The number of rotatable bonds is 5. The highest BCUT2D eigenvalue weighted by Crippen LogP contribution is 2.25. The van der Waals surface area contributed by atoms with Gasteiger partial charge in [0, 0.05) is 12.6 Å². The summed E-state index contributed by atoms with van der Waals surface area (Å²) in [6.45, 7) is 0.665. The number of nitrogens with one attached hydrogen (secondary N) is 1. The maximum absolute atomic E-state index is 12.5. The number of aliphatic hydroxyl groups excluding tert-OH is 1. The Morgan fingerprint density at radius 1 is 1.25 bits per heavy atom. The first-order chi connectivity index (χ1) is 11.5. The van der Waals surface area contributed by atoms with Gasteiger partial charge in [0.1, 0.15) is 0 Å². The molecule has 1 aliphatic carbocycles. The van der Waals surface area contributed by atoms with Crippen molar-refractivity contribution in [2.45, 2.75) is 50.8 Å². The van der Waals surface area contributed by atoms with E-state index in [2.05, 4.69) is 10.3 Å². The topological polar surface area (TPSA) is 67.2 Å². The molecule has 1 fully saturated rings. The molecule has 1 aliphatic rings. The summed E-state index contributed by atoms with van der Waals surface area (Å²) >= 11 is 11.9. The molecule has 3 rings (SSSR count). The molecular formula is C17H21Cl2N3O2. The minimum Gasteiger partial charge on any atom is -0.390 e. The maximum Gasteiger partial charge on any atom is 0.261 e. The summed E-state index contributed by atoms with van der Waals surface area (Å²) in [6.07, 6.45) is 6.89. The van der Waals surface area contributed by atoms with Crippen LogP contribution in [0.3, 0.4) is 0 Å². The second-order valence-electron chi connectivity index (χ2n) is 6.38. The van der Waals surface area contributed by atoms with Gasteiger partial charge in [0.25, 0.3) is 5.56 Å². The Morgan fingerprint density at radius 2 is 1.96 bits per heavy atom. The molecule has 0 aliphatic heterocycles. The minimum absolute atomic E-state index is 0.196. The van der Waals surface area contributed by atoms with Crippen molar-refractivity contribution in [1.82, 2.24) is 14.9 Å². The summed E-state index contributed by atoms with van der Waals surface area (Å²) in [5.41, 5.74) is 0.274. The Labute approximate surface area is 150 Å². The van der Waals surface area contributed by atoms with Gasteiger partial charge in [-0.25, -0.2) is 4.98 Å². The number of halogens is 2. The fraction of sp³-hybridized carbons (Fsp3) is 0.529. The quantitative estimate of drug-likeness (QED) is 0.849. The third-order valence-electron chi connectivity index (χ3n) is 4.52. The monoisotopic (exact) mass is 369 g/mol. The van der Waals surface area contributed by atoms with Gasteiger partial charge in [-0.2, -0.15) is 0 Å². The number of hydrogen-bond acceptors (Lipinski definition) is 4. The third kappa shape index (κ3) is 4.09. The molecule has 5 nitrogen and oxygen atoms in total. The Kier molecular flexibility index (Phi) is 5.76. The van der Waals surface area contributed by atoms with Crippen LogP contribution < -0.4 is 10.9 Å². The Hall–Kier alpha value is -1.14. The van der Waals surface area contributed by atoms with Gasteiger partial charge in [0.15, 0.2) is 0 Å². The lowest BCUT2D eigenvalue weighted by Crippen LogP contribution is -2.39. The zero-order valence-electron chi connectivity index (χ0n) is 13.3. The second-order valence-corrected chi connectivity index (χ2v) is 7.20. The van der Waals surface area contributed by atoms with Gasteiger partial charge in [-0.15, -0.1) is 0 Å². The van der Waals surface area contributed by atoms with Crippen LogP contribution in [-0.4, -0.2) is 33.3 Å². The Balaban J connectivity index is 1.69. The van der Waals surface area contributed by atoms with Crippen molar-refractivity contribution in [1.29, 1.82) is 0 Å². The first-order valence-electron chi connectivity index (χ1n) is 8.30. The van der Waals surface area contributed by atoms with Gasteiger partial charge in [-0.3, -0.25) is 9.36 Å². The zero-order chi connectivity index (χ0) is 17.1. The molecule has 1 aromatic carbocycles. The second kappa shape index (κ2) is 7.83. The number of aromatic nitrogens is 2. The van der Waals surface area contributed by atoms with Crippen LogP contribution in [0.1, 0.15) is 32.1 Å². The van der Waals surface area contributed by atoms with E-state index in [9.17, 15) is 9.90 Å². The van der Waals surface area contributed by atoms with Gasteiger partial charge >= 0.3 is 0 Å². The maximum atomic E-state index is 12.5. The molecule has 24 heavy (non-hydrogen) atoms. The van der Waals surface area contributed by atoms with Gasteiger partial charge < -0.3 is 10.4 Å². The van der Waals surface area contributed by atoms with Crippen molar-refractivity contribution >= 4 is 34.1 Å². The predicted octanol–water partition coefficient (Wildman–Crippen LogP) is 2.99. The van der Waals surface area contributed by atoms with Crippen LogP contribution in [0.25, 0.3) is 10.9 Å². The molecule has 2 N–H and O–H groups in total. The van der Waals surface area contributed by atoms with E-state index in [0.29, 0.717) is 33.5 Å². The molecule has 1 saturated carbocycles. The van der Waals surface area contributed by atoms with E-state index in [-0.39, 0.29) is 12.1 Å². The van der Waals surface area contributed by atoms with Crippen LogP contribution in [-0.2, 0) is 6.54 Å². The zero-order valence-corrected chi connectivity index (χ0v) is 14.9. The average molecular weight is 370 g/mol. The van der Waals surface area contributed by atoms with E-state index in [1.54, 1.807) is 6.07 Å². The summed E-state index contributed by atoms with van der Waals surface area (Å²) in [5.74, 6) is 0. The first-order valence-corrected chi connectivity index (χ1v) is 9.06. The van der Waals surface area contributed by atoms with Crippen LogP contribution >= 0.6 is 23.2 Å². The number of nitrogens with zero attached hydrogens (tertiary/aromatic N) is 2. The molecule has 1 heterocycles. The molecule has 130 valence electrons. The van der Waals surface area contributed by atoms with E-state index in [0.717, 1.165) is 12.8 Å². The molecule has 0 unspecified atom stereocenters. The summed E-state index contributed by atoms with van der Waals surface area (Å²) in [4.78, 5) is 16.8. The summed E-state index contributed by atoms with van der Waals surface area (Å²) in [7, 11) is 0. The van der Waals surface area contributed by atoms with E-state index < -0.39 is 6.10 Å². The fourth-order valence-corrected chi connectivity index (χ4v) is 3.51. The Bertz CT molecular complexity index is 772. The van der Waals surface area contributed by atoms with Gasteiger partial charge in [-0.05, 0) is 25.0 Å². The smallest absolute Gasteiger partial charge is 0.261 e. The molecule has 0 radical (unpaired) electrons. The molecular weight excluding hydrogens is 349 g/mol. The summed E-state index contributed by atoms with van der Waals surface area (Å²) in [6, 6.07) is 3.57. The van der Waals surface area contributed by atoms with Crippen molar-refractivity contribution in [3.8, 4) is 0 Å². The van der Waals surface area contributed by atoms with Gasteiger partial charge in [0.05, 0.1) is 39.9 Å². The van der Waals surface area contributed by atoms with E-state index >= 15 is 0 Å². The number of hydrogen-bond donors (Lipinski definition) is 2. The van der Waals surface area contributed by atoms with Crippen molar-refractivity contribution < 1.29 is 5.11 Å². The summed E-state index contributed by atoms with van der Waals surface area (Å²) < 4.78 is 1.42. The minimum atomic E-state index is -0.647. The molecule has 1 atom stereocenters. The molecule has 0 bridgehead atoms. The highest BCUT2D eigenvalue weighted by Gasteiger charge is 2.15. The molecule has 0 saturated heterocycles. The van der Waals surface area contributed by atoms with E-state index in [4.69, 9.17) is 23.2 Å². The highest BCUT2D eigenvalue weighted by molar-refractivity contribution is 6.42. The summed E-state index contributed by atoms with van der Waals surface area (Å²) in [5, 5.41) is 14.7. The molecule has 0 spiro atoms. The van der Waals surface area contributed by atoms with Crippen LogP contribution in [0.5, 0.6) is 0 Å². The largest absolute Gasteiger partial charge is 0.390 e. The van der Waals surface area contributed by atoms with Crippen molar-refractivity contribution in [2.24, 2.45) is 0 Å². The average Bonchev–Trinajstić information content (AvgIpc) is 2.58. The molecule has 0 amide bonds. The van der Waals surface area contributed by atoms with E-state index in [1.807, 2.05) is 0 Å². The fourth-order valence-electron chi connectivity index (χ4n) is 3.18. The number of aliphatic hydroxyl groups is 1. The lowest BCUT2D eigenvalue weighted by atomic mass is 9.95. The van der Waals surface area contributed by atoms with Gasteiger partial charge in [0.2, 0.25) is 0 Å². The van der Waals surface area contributed by atoms with Crippen molar-refractivity contribution in [2.75, 3.05) is 6.54 Å². The number of fused-ring (bicyclic) bond motifs is 1. The van der Waals surface area contributed by atoms with Crippen molar-refractivity contribution in [3.63, 3.8) is 0 Å². The molecule has 2 aromatic rings. The van der Waals surface area contributed by atoms with Crippen LogP contribution in [0.4, 0.5) is 0 Å². The Morgan fingerprint density at radius 3 is 2.71 bits per heavy atom. The molecule has 1 aromatic heterocycles. The van der Waals surface area contributed by atoms with Crippen LogP contribution in [0.15, 0.2) is 23.3 Å². The van der Waals surface area contributed by atoms with Gasteiger partial charge in [-0.1, -0.05) is 42.5 Å². The normalized spacial score (nSPS) is 17.3. The standard InChI is InChI=1S/C17H21Cl2N3O2/c18-14-6-13-16(7-15(14)19)21-10-22(17(13)24)9-12(23)8-20-11-4-2-1-3-5-11/h6-7,10-12,20,23H,1-5,8-9H2/t12-/m1/s1. The predicted molar refractivity (Wildman–Crippen MR) is 96.9 cm³/mol. The highest BCUT2D eigenvalue weighted by atomic mass is 35.5. The third-order valence-corrected chi connectivity index (χ3v) is 5.24. The SMILES string of the molecule is O=c1c2cc(Cl)c(Cl)cc2ncn1C[C@H](O)CNC1CCCCC1. The van der Waals surface area contributed by atoms with Crippen LogP contribution in [0.2, 0.25) is 10.0 Å². The lowest BCUT2D eigenvalue weighted by Gasteiger charge is -2.24. The number of benzene rings is 1. The van der Waals surface area contributed by atoms with Crippen LogP contribution in [0, 0.1) is 0 Å². The van der Waals surface area contributed by atoms with Crippen molar-refractivity contribution in [3.05, 3.63) is 38.9 Å².